The summed E-state index contributed by atoms with van der Waals surface area (Å²) < 4.78 is 44.8. The van der Waals surface area contributed by atoms with Crippen LogP contribution in [0.2, 0.25) is 5.02 Å². The number of hydrogen-bond donors (Lipinski definition) is 1. The highest BCUT2D eigenvalue weighted by Gasteiger charge is 2.27. The molecular formula is C28H26ClF2N3O4S. The molecule has 11 heteroatoms. The summed E-state index contributed by atoms with van der Waals surface area (Å²) in [6.45, 7) is 5.29. The summed E-state index contributed by atoms with van der Waals surface area (Å²) in [6, 6.07) is 11.0. The molecule has 39 heavy (non-hydrogen) atoms. The summed E-state index contributed by atoms with van der Waals surface area (Å²) in [5.74, 6) is -2.18. The van der Waals surface area contributed by atoms with Crippen molar-refractivity contribution in [2.45, 2.75) is 33.4 Å². The lowest BCUT2D eigenvalue weighted by Gasteiger charge is -2.15. The van der Waals surface area contributed by atoms with Crippen molar-refractivity contribution in [3.63, 3.8) is 0 Å². The van der Waals surface area contributed by atoms with E-state index in [0.717, 1.165) is 18.1 Å². The number of nitrogens with zero attached hydrogens (tertiary/aromatic N) is 2. The molecule has 0 radical (unpaired) electrons. The van der Waals surface area contributed by atoms with Crippen molar-refractivity contribution in [2.24, 2.45) is 0 Å². The Kier molecular flexibility index (Phi) is 9.08. The van der Waals surface area contributed by atoms with Gasteiger partial charge in [0.15, 0.2) is 12.0 Å². The van der Waals surface area contributed by atoms with Gasteiger partial charge in [0.25, 0.3) is 0 Å². The molecule has 1 N–H and O–H groups in total. The van der Waals surface area contributed by atoms with Gasteiger partial charge in [-0.15, -0.1) is 0 Å². The van der Waals surface area contributed by atoms with Crippen molar-refractivity contribution in [1.29, 1.82) is 0 Å². The Morgan fingerprint density at radius 3 is 2.56 bits per heavy atom. The first-order chi connectivity index (χ1) is 18.7. The standard InChI is InChI=1S/C28H26ClF2N3O4S/c1-4-12-39-33-23-11-10-22(30)24(25(23)31)26(35)21-15-34(16(3)38-28(36)37-5-2)27-20(21)13-18(14-32-27)17-6-8-19(29)9-7-17/h6-11,13-16,33H,4-5,12H2,1-3H3. The molecule has 204 valence electrons. The van der Waals surface area contributed by atoms with Gasteiger partial charge in [-0.1, -0.05) is 42.6 Å². The second kappa shape index (κ2) is 12.5. The predicted octanol–water partition coefficient (Wildman–Crippen LogP) is 8.03. The normalized spacial score (nSPS) is 11.8. The van der Waals surface area contributed by atoms with E-state index in [2.05, 4.69) is 9.71 Å². The van der Waals surface area contributed by atoms with Gasteiger partial charge < -0.3 is 14.2 Å². The van der Waals surface area contributed by atoms with Gasteiger partial charge in [0.2, 0.25) is 5.78 Å². The first-order valence-electron chi connectivity index (χ1n) is 12.3. The molecule has 1 atom stereocenters. The van der Waals surface area contributed by atoms with Gasteiger partial charge in [-0.25, -0.2) is 18.6 Å². The van der Waals surface area contributed by atoms with E-state index in [1.54, 1.807) is 50.4 Å². The molecule has 4 aromatic rings. The smallest absolute Gasteiger partial charge is 0.435 e. The zero-order valence-electron chi connectivity index (χ0n) is 21.5. The Labute approximate surface area is 233 Å². The molecule has 2 aromatic carbocycles. The molecule has 4 rings (SSSR count). The molecule has 0 amide bonds. The zero-order chi connectivity index (χ0) is 28.1. The number of ketones is 1. The van der Waals surface area contributed by atoms with E-state index in [1.807, 2.05) is 6.92 Å². The lowest BCUT2D eigenvalue weighted by Crippen LogP contribution is -2.15. The van der Waals surface area contributed by atoms with Crippen LogP contribution < -0.4 is 4.72 Å². The third kappa shape index (κ3) is 6.17. The number of nitrogens with one attached hydrogen (secondary N) is 1. The first-order valence-corrected chi connectivity index (χ1v) is 13.6. The molecule has 1 unspecified atom stereocenters. The van der Waals surface area contributed by atoms with Crippen LogP contribution >= 0.6 is 23.5 Å². The van der Waals surface area contributed by atoms with Crippen LogP contribution in [0.1, 0.15) is 49.3 Å². The Hall–Kier alpha value is -3.63. The number of ether oxygens (including phenoxy) is 2. The number of benzene rings is 2. The molecule has 0 bridgehead atoms. The fraction of sp³-hybridized carbons (Fsp3) is 0.250. The maximum Gasteiger partial charge on any atom is 0.510 e. The minimum absolute atomic E-state index is 0.000860. The van der Waals surface area contributed by atoms with E-state index >= 15 is 4.39 Å². The Morgan fingerprint density at radius 1 is 1.13 bits per heavy atom. The highest BCUT2D eigenvalue weighted by molar-refractivity contribution is 8.00. The van der Waals surface area contributed by atoms with Gasteiger partial charge in [0.1, 0.15) is 11.5 Å². The van der Waals surface area contributed by atoms with Crippen molar-refractivity contribution >= 4 is 52.2 Å². The maximum absolute atomic E-state index is 15.4. The number of anilines is 1. The molecule has 0 aliphatic heterocycles. The molecule has 0 aliphatic carbocycles. The van der Waals surface area contributed by atoms with E-state index in [0.29, 0.717) is 21.7 Å². The van der Waals surface area contributed by atoms with Gasteiger partial charge in [-0.05, 0) is 56.2 Å². The predicted molar refractivity (Wildman–Crippen MR) is 149 cm³/mol. The lowest BCUT2D eigenvalue weighted by atomic mass is 10.00. The average molecular weight is 574 g/mol. The third-order valence-electron chi connectivity index (χ3n) is 5.82. The van der Waals surface area contributed by atoms with Crippen molar-refractivity contribution in [2.75, 3.05) is 17.1 Å². The third-order valence-corrected chi connectivity index (χ3v) is 7.05. The van der Waals surface area contributed by atoms with E-state index in [1.165, 1.54) is 28.8 Å². The number of carbonyl (C=O) groups excluding carboxylic acids is 2. The molecular weight excluding hydrogens is 548 g/mol. The summed E-state index contributed by atoms with van der Waals surface area (Å²) in [6.07, 6.45) is 1.97. The first kappa shape index (κ1) is 28.4. The molecule has 2 aromatic heterocycles. The minimum Gasteiger partial charge on any atom is -0.435 e. The van der Waals surface area contributed by atoms with Gasteiger partial charge in [-0.3, -0.25) is 9.36 Å². The molecule has 7 nitrogen and oxygen atoms in total. The second-order valence-corrected chi connectivity index (χ2v) is 9.85. The highest BCUT2D eigenvalue weighted by atomic mass is 35.5. The van der Waals surface area contributed by atoms with Crippen LogP contribution in [0, 0.1) is 11.6 Å². The molecule has 0 fully saturated rings. The number of aromatic nitrogens is 2. The van der Waals surface area contributed by atoms with Gasteiger partial charge in [-0.2, -0.15) is 0 Å². The van der Waals surface area contributed by atoms with Crippen LogP contribution in [-0.4, -0.2) is 33.8 Å². The van der Waals surface area contributed by atoms with Crippen LogP contribution in [-0.2, 0) is 9.47 Å². The monoisotopic (exact) mass is 573 g/mol. The number of hydrogen-bond acceptors (Lipinski definition) is 7. The van der Waals surface area contributed by atoms with Gasteiger partial charge >= 0.3 is 6.16 Å². The SMILES string of the molecule is CCCSNc1ccc(F)c(C(=O)c2cn(C(C)OC(=O)OCC)c3ncc(-c4ccc(Cl)cc4)cc23)c1F. The fourth-order valence-corrected chi connectivity index (χ4v) is 4.69. The summed E-state index contributed by atoms with van der Waals surface area (Å²) in [5.41, 5.74) is 0.989. The Bertz CT molecular complexity index is 1510. The van der Waals surface area contributed by atoms with E-state index in [4.69, 9.17) is 21.1 Å². The quantitative estimate of drug-likeness (QED) is 0.0889. The Morgan fingerprint density at radius 2 is 1.87 bits per heavy atom. The number of fused-ring (bicyclic) bond motifs is 1. The number of halogens is 3. The second-order valence-electron chi connectivity index (χ2n) is 8.52. The van der Waals surface area contributed by atoms with E-state index < -0.39 is 35.4 Å². The van der Waals surface area contributed by atoms with Gasteiger partial charge in [0, 0.05) is 34.1 Å². The van der Waals surface area contributed by atoms with Crippen molar-refractivity contribution in [1.82, 2.24) is 9.55 Å². The van der Waals surface area contributed by atoms with E-state index in [9.17, 15) is 14.0 Å². The number of pyridine rings is 1. The van der Waals surface area contributed by atoms with Crippen molar-refractivity contribution < 1.29 is 27.8 Å². The topological polar surface area (TPSA) is 82.5 Å². The fourth-order valence-electron chi connectivity index (χ4n) is 3.94. The molecule has 0 spiro atoms. The molecule has 0 aliphatic rings. The summed E-state index contributed by atoms with van der Waals surface area (Å²) in [7, 11) is 0. The van der Waals surface area contributed by atoms with Crippen LogP contribution in [0.15, 0.2) is 54.9 Å². The molecule has 0 saturated heterocycles. The maximum atomic E-state index is 15.4. The summed E-state index contributed by atoms with van der Waals surface area (Å²) in [5, 5.41) is 0.876. The van der Waals surface area contributed by atoms with Crippen LogP contribution in [0.5, 0.6) is 0 Å². The summed E-state index contributed by atoms with van der Waals surface area (Å²) in [4.78, 5) is 30.2. The van der Waals surface area contributed by atoms with Crippen LogP contribution in [0.4, 0.5) is 19.3 Å². The van der Waals surface area contributed by atoms with Crippen LogP contribution in [0.25, 0.3) is 22.2 Å². The summed E-state index contributed by atoms with van der Waals surface area (Å²) >= 11 is 7.28. The number of rotatable bonds is 10. The van der Waals surface area contributed by atoms with Crippen LogP contribution in [0.3, 0.4) is 0 Å². The average Bonchev–Trinajstić information content (AvgIpc) is 3.30. The van der Waals surface area contributed by atoms with Crippen molar-refractivity contribution in [3.8, 4) is 11.1 Å². The highest BCUT2D eigenvalue weighted by Crippen LogP contribution is 2.33. The molecule has 2 heterocycles. The van der Waals surface area contributed by atoms with Gasteiger partial charge in [0.05, 0.1) is 23.4 Å². The molecule has 0 saturated carbocycles. The number of carbonyl (C=O) groups is 2. The minimum atomic E-state index is -0.998. The van der Waals surface area contributed by atoms with Crippen molar-refractivity contribution in [3.05, 3.63) is 82.6 Å². The van der Waals surface area contributed by atoms with E-state index in [-0.39, 0.29) is 23.5 Å². The zero-order valence-corrected chi connectivity index (χ0v) is 23.0. The lowest BCUT2D eigenvalue weighted by molar-refractivity contribution is 0.00795. The largest absolute Gasteiger partial charge is 0.510 e. The Balaban J connectivity index is 1.85.